The molecule has 9 heteroatoms. The van der Waals surface area contributed by atoms with E-state index in [1.807, 2.05) is 12.1 Å². The number of carboxylic acid groups (broad SMARTS) is 1. The number of carboxylic acids is 1. The lowest BCUT2D eigenvalue weighted by molar-refractivity contribution is -0.138. The smallest absolute Gasteiger partial charge is 0.303 e. The summed E-state index contributed by atoms with van der Waals surface area (Å²) in [5.41, 5.74) is 2.33. The molecular formula is C26H32N6O3. The zero-order valence-electron chi connectivity index (χ0n) is 19.9. The quantitative estimate of drug-likeness (QED) is 0.472. The molecule has 0 amide bonds. The first-order chi connectivity index (χ1) is 17.1. The summed E-state index contributed by atoms with van der Waals surface area (Å²) >= 11 is 0. The van der Waals surface area contributed by atoms with Crippen molar-refractivity contribution in [3.63, 3.8) is 0 Å². The van der Waals surface area contributed by atoms with Gasteiger partial charge in [-0.25, -0.2) is 10.1 Å². The predicted octanol–water partition coefficient (Wildman–Crippen LogP) is 4.59. The second-order valence-electron chi connectivity index (χ2n) is 9.80. The Morgan fingerprint density at radius 3 is 2.43 bits per heavy atom. The molecule has 1 aromatic carbocycles. The third-order valence-electron chi connectivity index (χ3n) is 7.35. The summed E-state index contributed by atoms with van der Waals surface area (Å²) in [6, 6.07) is 8.28. The largest absolute Gasteiger partial charge is 0.481 e. The molecule has 0 bridgehead atoms. The van der Waals surface area contributed by atoms with Crippen molar-refractivity contribution in [2.45, 2.75) is 63.7 Å². The van der Waals surface area contributed by atoms with Crippen LogP contribution in [0.4, 0.5) is 17.5 Å². The number of hydrogen-bond donors (Lipinski definition) is 3. The Morgan fingerprint density at radius 1 is 1.03 bits per heavy atom. The number of H-pyrrole nitrogens is 1. The van der Waals surface area contributed by atoms with Gasteiger partial charge in [0.2, 0.25) is 5.95 Å². The van der Waals surface area contributed by atoms with Gasteiger partial charge in [0.15, 0.2) is 0 Å². The molecule has 1 saturated heterocycles. The number of nitrogens with one attached hydrogen (secondary N) is 2. The number of nitrogens with zero attached hydrogens (tertiary/aromatic N) is 4. The number of fused-ring (bicyclic) bond motifs is 1. The lowest BCUT2D eigenvalue weighted by Gasteiger charge is -2.28. The van der Waals surface area contributed by atoms with Crippen molar-refractivity contribution in [3.8, 4) is 0 Å². The van der Waals surface area contributed by atoms with Crippen molar-refractivity contribution in [1.29, 1.82) is 0 Å². The second-order valence-corrected chi connectivity index (χ2v) is 9.80. The van der Waals surface area contributed by atoms with Crippen LogP contribution in [-0.4, -0.2) is 44.3 Å². The Hall–Kier alpha value is -3.49. The number of carbonyl (C=O) groups is 1. The van der Waals surface area contributed by atoms with E-state index in [2.05, 4.69) is 37.5 Å². The zero-order valence-corrected chi connectivity index (χ0v) is 19.9. The van der Waals surface area contributed by atoms with Crippen LogP contribution in [0.15, 0.2) is 35.3 Å². The van der Waals surface area contributed by atoms with Gasteiger partial charge in [0.25, 0.3) is 5.56 Å². The summed E-state index contributed by atoms with van der Waals surface area (Å²) in [5, 5.41) is 19.2. The third kappa shape index (κ3) is 5.44. The van der Waals surface area contributed by atoms with Gasteiger partial charge in [0.1, 0.15) is 16.7 Å². The molecule has 184 valence electrons. The number of rotatable bonds is 6. The minimum Gasteiger partial charge on any atom is -0.481 e. The Bertz CT molecular complexity index is 1230. The Morgan fingerprint density at radius 2 is 1.74 bits per heavy atom. The van der Waals surface area contributed by atoms with Crippen molar-refractivity contribution >= 4 is 34.3 Å². The predicted molar refractivity (Wildman–Crippen MR) is 135 cm³/mol. The summed E-state index contributed by atoms with van der Waals surface area (Å²) in [7, 11) is 0. The molecule has 2 aromatic heterocycles. The highest BCUT2D eigenvalue weighted by Gasteiger charge is 2.24. The molecule has 0 radical (unpaired) electrons. The van der Waals surface area contributed by atoms with Gasteiger partial charge >= 0.3 is 5.97 Å². The molecule has 3 aromatic rings. The molecular weight excluding hydrogens is 444 g/mol. The van der Waals surface area contributed by atoms with Crippen LogP contribution in [0.25, 0.3) is 10.9 Å². The van der Waals surface area contributed by atoms with E-state index >= 15 is 0 Å². The second kappa shape index (κ2) is 10.4. The number of hydrogen-bond acceptors (Lipinski definition) is 7. The standard InChI is InChI=1S/C26H32N6O3/c33-22(34)15-17-5-7-18(8-6-17)19-9-11-20(12-10-19)28-24-23-21(16-27-31-25(23)35)29-26(30-24)32-13-3-1-2-4-14-32/h9-12,16-18H,1-8,13-15H2,(H,31,35)(H,33,34)(H,28,29,30)/t17-,18-. The van der Waals surface area contributed by atoms with Crippen molar-refractivity contribution in [2.24, 2.45) is 5.92 Å². The number of benzene rings is 1. The molecule has 0 unspecified atom stereocenters. The van der Waals surface area contributed by atoms with Gasteiger partial charge in [-0.3, -0.25) is 9.59 Å². The van der Waals surface area contributed by atoms with Crippen LogP contribution >= 0.6 is 0 Å². The van der Waals surface area contributed by atoms with E-state index in [1.54, 1.807) is 6.20 Å². The summed E-state index contributed by atoms with van der Waals surface area (Å²) < 4.78 is 0. The van der Waals surface area contributed by atoms with E-state index in [4.69, 9.17) is 10.1 Å². The van der Waals surface area contributed by atoms with Crippen LogP contribution in [0.3, 0.4) is 0 Å². The average molecular weight is 477 g/mol. The molecule has 2 fully saturated rings. The zero-order chi connectivity index (χ0) is 24.2. The monoisotopic (exact) mass is 476 g/mol. The SMILES string of the molecule is O=C(O)C[C@H]1CC[C@H](c2ccc(Nc3nc(N4CCCCCC4)nc4cn[nH]c(=O)c34)cc2)CC1. The van der Waals surface area contributed by atoms with E-state index in [9.17, 15) is 9.59 Å². The Labute approximate surface area is 204 Å². The number of aromatic nitrogens is 4. The first-order valence-electron chi connectivity index (χ1n) is 12.7. The van der Waals surface area contributed by atoms with Gasteiger partial charge in [-0.2, -0.15) is 10.1 Å². The van der Waals surface area contributed by atoms with Crippen molar-refractivity contribution in [3.05, 3.63) is 46.4 Å². The molecule has 5 rings (SSSR count). The number of aromatic amines is 1. The van der Waals surface area contributed by atoms with Gasteiger partial charge in [0, 0.05) is 25.2 Å². The molecule has 0 atom stereocenters. The molecule has 3 heterocycles. The molecule has 9 nitrogen and oxygen atoms in total. The fourth-order valence-corrected chi connectivity index (χ4v) is 5.42. The molecule has 1 saturated carbocycles. The van der Waals surface area contributed by atoms with Crippen molar-refractivity contribution < 1.29 is 9.90 Å². The van der Waals surface area contributed by atoms with Crippen molar-refractivity contribution in [2.75, 3.05) is 23.3 Å². The van der Waals surface area contributed by atoms with E-state index < -0.39 is 5.97 Å². The molecule has 0 spiro atoms. The first kappa shape index (κ1) is 23.3. The van der Waals surface area contributed by atoms with E-state index in [0.717, 1.165) is 57.3 Å². The number of anilines is 3. The molecule has 2 aliphatic rings. The van der Waals surface area contributed by atoms with Crippen LogP contribution in [0.2, 0.25) is 0 Å². The minimum atomic E-state index is -0.699. The highest BCUT2D eigenvalue weighted by molar-refractivity contribution is 5.90. The summed E-state index contributed by atoms with van der Waals surface area (Å²) in [6.45, 7) is 1.82. The van der Waals surface area contributed by atoms with Crippen LogP contribution < -0.4 is 15.8 Å². The lowest BCUT2D eigenvalue weighted by Crippen LogP contribution is -2.26. The first-order valence-corrected chi connectivity index (χ1v) is 12.7. The van der Waals surface area contributed by atoms with Gasteiger partial charge < -0.3 is 15.3 Å². The third-order valence-corrected chi connectivity index (χ3v) is 7.35. The summed E-state index contributed by atoms with van der Waals surface area (Å²) in [6.07, 6.45) is 10.4. The van der Waals surface area contributed by atoms with Crippen LogP contribution in [-0.2, 0) is 4.79 Å². The summed E-state index contributed by atoms with van der Waals surface area (Å²) in [4.78, 5) is 35.2. The Kier molecular flexibility index (Phi) is 6.92. The maximum absolute atomic E-state index is 12.6. The van der Waals surface area contributed by atoms with Gasteiger partial charge in [-0.1, -0.05) is 25.0 Å². The van der Waals surface area contributed by atoms with Crippen molar-refractivity contribution in [1.82, 2.24) is 20.2 Å². The average Bonchev–Trinajstić information content (AvgIpc) is 3.14. The van der Waals surface area contributed by atoms with E-state index in [0.29, 0.717) is 34.5 Å². The fraction of sp³-hybridized carbons (Fsp3) is 0.500. The fourth-order valence-electron chi connectivity index (χ4n) is 5.42. The molecule has 35 heavy (non-hydrogen) atoms. The van der Waals surface area contributed by atoms with Crippen LogP contribution in [0.1, 0.15) is 69.3 Å². The van der Waals surface area contributed by atoms with E-state index in [1.165, 1.54) is 18.4 Å². The lowest BCUT2D eigenvalue weighted by atomic mass is 9.77. The minimum absolute atomic E-state index is 0.274. The molecule has 3 N–H and O–H groups in total. The van der Waals surface area contributed by atoms with Gasteiger partial charge in [0.05, 0.1) is 6.20 Å². The Balaban J connectivity index is 1.36. The maximum Gasteiger partial charge on any atom is 0.303 e. The van der Waals surface area contributed by atoms with E-state index in [-0.39, 0.29) is 12.0 Å². The molecule has 1 aliphatic heterocycles. The van der Waals surface area contributed by atoms with Crippen LogP contribution in [0.5, 0.6) is 0 Å². The van der Waals surface area contributed by atoms with Gasteiger partial charge in [-0.05, 0) is 68.1 Å². The molecule has 1 aliphatic carbocycles. The van der Waals surface area contributed by atoms with Gasteiger partial charge in [-0.15, -0.1) is 0 Å². The normalized spacial score (nSPS) is 21.0. The maximum atomic E-state index is 12.6. The van der Waals surface area contributed by atoms with Crippen LogP contribution in [0, 0.1) is 5.92 Å². The number of aliphatic carboxylic acids is 1. The highest BCUT2D eigenvalue weighted by atomic mass is 16.4. The topological polar surface area (TPSA) is 124 Å². The highest BCUT2D eigenvalue weighted by Crippen LogP contribution is 2.37. The summed E-state index contributed by atoms with van der Waals surface area (Å²) in [5.74, 6) is 1.16.